The molecule has 2 atom stereocenters. The second-order valence-electron chi connectivity index (χ2n) is 6.21. The molecular formula is C15H26N2O2. The number of amides is 2. The molecule has 0 saturated heterocycles. The van der Waals surface area contributed by atoms with Gasteiger partial charge < -0.3 is 11.1 Å². The first-order chi connectivity index (χ1) is 9.11. The third kappa shape index (κ3) is 4.51. The zero-order valence-electron chi connectivity index (χ0n) is 11.9. The Morgan fingerprint density at radius 2 is 1.79 bits per heavy atom. The van der Waals surface area contributed by atoms with E-state index in [0.29, 0.717) is 12.5 Å². The van der Waals surface area contributed by atoms with E-state index in [1.54, 1.807) is 0 Å². The van der Waals surface area contributed by atoms with Crippen LogP contribution in [0.1, 0.15) is 51.9 Å². The molecular weight excluding hydrogens is 240 g/mol. The van der Waals surface area contributed by atoms with Gasteiger partial charge in [-0.25, -0.2) is 0 Å². The van der Waals surface area contributed by atoms with Crippen LogP contribution in [0.5, 0.6) is 0 Å². The van der Waals surface area contributed by atoms with E-state index in [9.17, 15) is 9.59 Å². The summed E-state index contributed by atoms with van der Waals surface area (Å²) in [5.41, 5.74) is 5.56. The van der Waals surface area contributed by atoms with E-state index in [2.05, 4.69) is 5.32 Å². The smallest absolute Gasteiger partial charge is 0.223 e. The number of primary amides is 1. The van der Waals surface area contributed by atoms with Gasteiger partial charge in [0.25, 0.3) is 0 Å². The molecule has 2 saturated carbocycles. The van der Waals surface area contributed by atoms with Crippen LogP contribution in [0, 0.1) is 23.7 Å². The van der Waals surface area contributed by atoms with Gasteiger partial charge in [-0.2, -0.15) is 0 Å². The van der Waals surface area contributed by atoms with E-state index < -0.39 is 0 Å². The molecule has 2 aliphatic rings. The summed E-state index contributed by atoms with van der Waals surface area (Å²) in [6.07, 6.45) is 7.63. The quantitative estimate of drug-likeness (QED) is 0.668. The van der Waals surface area contributed by atoms with Crippen LogP contribution in [-0.2, 0) is 9.59 Å². The van der Waals surface area contributed by atoms with Crippen LogP contribution in [-0.4, -0.2) is 18.4 Å². The first kappa shape index (κ1) is 14.4. The van der Waals surface area contributed by atoms with E-state index in [0.717, 1.165) is 25.2 Å². The highest BCUT2D eigenvalue weighted by atomic mass is 16.2. The number of hydrogen-bond acceptors (Lipinski definition) is 2. The van der Waals surface area contributed by atoms with Gasteiger partial charge in [0.15, 0.2) is 0 Å². The minimum absolute atomic E-state index is 0.0222. The number of carbonyl (C=O) groups is 2. The van der Waals surface area contributed by atoms with Gasteiger partial charge in [0.2, 0.25) is 11.8 Å². The van der Waals surface area contributed by atoms with Crippen molar-refractivity contribution in [1.82, 2.24) is 5.32 Å². The Balaban J connectivity index is 1.96. The predicted octanol–water partition coefficient (Wildman–Crippen LogP) is 1.83. The van der Waals surface area contributed by atoms with Gasteiger partial charge in [-0.05, 0) is 38.0 Å². The van der Waals surface area contributed by atoms with Crippen molar-refractivity contribution in [3.8, 4) is 0 Å². The molecule has 2 fully saturated rings. The molecule has 0 aromatic carbocycles. The van der Waals surface area contributed by atoms with Crippen molar-refractivity contribution in [2.75, 3.05) is 6.54 Å². The second kappa shape index (κ2) is 6.40. The summed E-state index contributed by atoms with van der Waals surface area (Å²) < 4.78 is 0. The predicted molar refractivity (Wildman–Crippen MR) is 74.2 cm³/mol. The Morgan fingerprint density at radius 3 is 2.26 bits per heavy atom. The molecule has 4 nitrogen and oxygen atoms in total. The topological polar surface area (TPSA) is 72.2 Å². The van der Waals surface area contributed by atoms with E-state index >= 15 is 0 Å². The minimum Gasteiger partial charge on any atom is -0.369 e. The summed E-state index contributed by atoms with van der Waals surface area (Å²) >= 11 is 0. The average molecular weight is 266 g/mol. The highest BCUT2D eigenvalue weighted by molar-refractivity contribution is 5.86. The molecule has 0 radical (unpaired) electrons. The molecule has 0 aliphatic heterocycles. The van der Waals surface area contributed by atoms with E-state index in [-0.39, 0.29) is 23.7 Å². The van der Waals surface area contributed by atoms with Crippen molar-refractivity contribution < 1.29 is 9.59 Å². The molecule has 0 heterocycles. The summed E-state index contributed by atoms with van der Waals surface area (Å²) in [5.74, 6) is 0.663. The van der Waals surface area contributed by atoms with Crippen LogP contribution in [0.25, 0.3) is 0 Å². The lowest BCUT2D eigenvalue weighted by molar-refractivity contribution is -0.134. The van der Waals surface area contributed by atoms with Gasteiger partial charge in [0, 0.05) is 18.4 Å². The molecule has 0 aromatic heterocycles. The SMILES string of the molecule is CCNC(=O)C(CC1CC1)[C@H](CCC1CC1)C(N)=O. The monoisotopic (exact) mass is 266 g/mol. The van der Waals surface area contributed by atoms with Crippen molar-refractivity contribution in [2.24, 2.45) is 29.4 Å². The van der Waals surface area contributed by atoms with Crippen LogP contribution in [0.2, 0.25) is 0 Å². The molecule has 2 aliphatic carbocycles. The summed E-state index contributed by atoms with van der Waals surface area (Å²) in [6, 6.07) is 0. The first-order valence-corrected chi connectivity index (χ1v) is 7.68. The van der Waals surface area contributed by atoms with E-state index in [1.807, 2.05) is 6.92 Å². The van der Waals surface area contributed by atoms with Gasteiger partial charge in [0.05, 0.1) is 0 Å². The molecule has 0 bridgehead atoms. The van der Waals surface area contributed by atoms with Crippen LogP contribution >= 0.6 is 0 Å². The minimum atomic E-state index is -0.294. The molecule has 1 unspecified atom stereocenters. The van der Waals surface area contributed by atoms with E-state index in [4.69, 9.17) is 5.73 Å². The Labute approximate surface area is 115 Å². The van der Waals surface area contributed by atoms with Gasteiger partial charge in [-0.15, -0.1) is 0 Å². The first-order valence-electron chi connectivity index (χ1n) is 7.68. The normalized spacial score (nSPS) is 21.7. The maximum Gasteiger partial charge on any atom is 0.223 e. The fourth-order valence-electron chi connectivity index (χ4n) is 2.84. The molecule has 108 valence electrons. The lowest BCUT2D eigenvalue weighted by atomic mass is 9.82. The molecule has 2 amide bonds. The van der Waals surface area contributed by atoms with Crippen LogP contribution < -0.4 is 11.1 Å². The maximum atomic E-state index is 12.2. The fourth-order valence-corrected chi connectivity index (χ4v) is 2.84. The molecule has 2 rings (SSSR count). The number of nitrogens with one attached hydrogen (secondary N) is 1. The largest absolute Gasteiger partial charge is 0.369 e. The van der Waals surface area contributed by atoms with Crippen LogP contribution in [0.4, 0.5) is 0 Å². The molecule has 19 heavy (non-hydrogen) atoms. The summed E-state index contributed by atoms with van der Waals surface area (Å²) in [5, 5.41) is 2.87. The van der Waals surface area contributed by atoms with Gasteiger partial charge >= 0.3 is 0 Å². The van der Waals surface area contributed by atoms with E-state index in [1.165, 1.54) is 25.7 Å². The highest BCUT2D eigenvalue weighted by Crippen LogP contribution is 2.40. The fraction of sp³-hybridized carbons (Fsp3) is 0.867. The number of nitrogens with two attached hydrogens (primary N) is 1. The Morgan fingerprint density at radius 1 is 1.16 bits per heavy atom. The van der Waals surface area contributed by atoms with Crippen molar-refractivity contribution >= 4 is 11.8 Å². The maximum absolute atomic E-state index is 12.2. The number of rotatable bonds is 9. The van der Waals surface area contributed by atoms with Gasteiger partial charge in [-0.1, -0.05) is 25.7 Å². The standard InChI is InChI=1S/C15H26N2O2/c1-2-17-15(19)13(9-11-5-6-11)12(14(16)18)8-7-10-3-4-10/h10-13H,2-9H2,1H3,(H2,16,18)(H,17,19)/t12-,13?/m0/s1. The zero-order chi connectivity index (χ0) is 13.8. The number of carbonyl (C=O) groups excluding carboxylic acids is 2. The van der Waals surface area contributed by atoms with Crippen molar-refractivity contribution in [3.63, 3.8) is 0 Å². The Hall–Kier alpha value is -1.06. The molecule has 4 heteroatoms. The van der Waals surface area contributed by atoms with Crippen LogP contribution in [0.15, 0.2) is 0 Å². The lowest BCUT2D eigenvalue weighted by Crippen LogP contribution is -2.40. The summed E-state index contributed by atoms with van der Waals surface area (Å²) in [6.45, 7) is 2.53. The summed E-state index contributed by atoms with van der Waals surface area (Å²) in [4.78, 5) is 23.9. The van der Waals surface area contributed by atoms with Crippen LogP contribution in [0.3, 0.4) is 0 Å². The average Bonchev–Trinajstić information content (AvgIpc) is 3.23. The molecule has 0 aromatic rings. The molecule has 3 N–H and O–H groups in total. The Bertz CT molecular complexity index is 335. The summed E-state index contributed by atoms with van der Waals surface area (Å²) in [7, 11) is 0. The lowest BCUT2D eigenvalue weighted by Gasteiger charge is -2.24. The highest BCUT2D eigenvalue weighted by Gasteiger charge is 2.37. The third-order valence-corrected chi connectivity index (χ3v) is 4.41. The van der Waals surface area contributed by atoms with Gasteiger partial charge in [0.1, 0.15) is 0 Å². The second-order valence-corrected chi connectivity index (χ2v) is 6.21. The number of hydrogen-bond donors (Lipinski definition) is 2. The van der Waals surface area contributed by atoms with Crippen molar-refractivity contribution in [1.29, 1.82) is 0 Å². The third-order valence-electron chi connectivity index (χ3n) is 4.41. The van der Waals surface area contributed by atoms with Crippen molar-refractivity contribution in [3.05, 3.63) is 0 Å². The van der Waals surface area contributed by atoms with Gasteiger partial charge in [-0.3, -0.25) is 9.59 Å². The zero-order valence-corrected chi connectivity index (χ0v) is 11.9. The Kier molecular flexibility index (Phi) is 4.83. The molecule has 0 spiro atoms. The van der Waals surface area contributed by atoms with Crippen molar-refractivity contribution in [2.45, 2.75) is 51.9 Å².